The molecule has 0 aliphatic rings. The molecule has 21 heavy (non-hydrogen) atoms. The van der Waals surface area contributed by atoms with Gasteiger partial charge < -0.3 is 9.84 Å². The number of aliphatic carboxylic acids is 1. The minimum Gasteiger partial charge on any atom is -0.476 e. The molecule has 106 valence electrons. The molecule has 2 N–H and O–H groups in total. The minimum absolute atomic E-state index is 0.338. The van der Waals surface area contributed by atoms with E-state index < -0.39 is 17.6 Å². The second-order valence-corrected chi connectivity index (χ2v) is 3.90. The molecule has 0 saturated carbocycles. The highest BCUT2D eigenvalue weighted by Gasteiger charge is 2.07. The monoisotopic (exact) mass is 287 g/mol. The summed E-state index contributed by atoms with van der Waals surface area (Å²) in [5.74, 6) is -1.60. The molecule has 0 radical (unpaired) electrons. The van der Waals surface area contributed by atoms with Gasteiger partial charge in [-0.15, -0.1) is 5.11 Å². The maximum absolute atomic E-state index is 13.5. The highest BCUT2D eigenvalue weighted by molar-refractivity contribution is 5.85. The summed E-state index contributed by atoms with van der Waals surface area (Å²) in [6.45, 7) is 0. The lowest BCUT2D eigenvalue weighted by atomic mass is 10.1. The molecule has 0 bridgehead atoms. The Balaban J connectivity index is 2.18. The zero-order valence-corrected chi connectivity index (χ0v) is 10.7. The van der Waals surface area contributed by atoms with Crippen LogP contribution in [0.4, 0.5) is 4.39 Å². The Morgan fingerprint density at radius 1 is 1.33 bits per heavy atom. The second-order valence-electron chi connectivity index (χ2n) is 3.90. The summed E-state index contributed by atoms with van der Waals surface area (Å²) in [5, 5.41) is 11.5. The molecular weight excluding hydrogens is 277 g/mol. The van der Waals surface area contributed by atoms with E-state index in [1.807, 2.05) is 0 Å². The summed E-state index contributed by atoms with van der Waals surface area (Å²) >= 11 is 0. The van der Waals surface area contributed by atoms with Crippen molar-refractivity contribution in [3.05, 3.63) is 60.5 Å². The molecular formula is C14H10FN3O3. The first kappa shape index (κ1) is 14.3. The molecule has 0 unspecified atom stereocenters. The molecule has 0 spiro atoms. The summed E-state index contributed by atoms with van der Waals surface area (Å²) in [6, 6.07) is 9.53. The van der Waals surface area contributed by atoms with E-state index in [2.05, 4.69) is 10.1 Å². The number of rotatable bonds is 5. The second kappa shape index (κ2) is 6.38. The van der Waals surface area contributed by atoms with Crippen molar-refractivity contribution in [1.29, 1.82) is 5.53 Å². The maximum atomic E-state index is 13.5. The predicted molar refractivity (Wildman–Crippen MR) is 71.1 cm³/mol. The van der Waals surface area contributed by atoms with Gasteiger partial charge in [0.1, 0.15) is 12.0 Å². The lowest BCUT2D eigenvalue weighted by molar-refractivity contribution is -0.132. The van der Waals surface area contributed by atoms with E-state index in [0.717, 1.165) is 6.26 Å². The highest BCUT2D eigenvalue weighted by atomic mass is 19.1. The number of benzene rings is 1. The van der Waals surface area contributed by atoms with Crippen LogP contribution in [0.2, 0.25) is 0 Å². The van der Waals surface area contributed by atoms with Crippen LogP contribution >= 0.6 is 0 Å². The largest absolute Gasteiger partial charge is 0.476 e. The first-order valence-electron chi connectivity index (χ1n) is 5.80. The van der Waals surface area contributed by atoms with Gasteiger partial charge in [-0.25, -0.2) is 15.3 Å². The number of halogens is 1. The smallest absolute Gasteiger partial charge is 0.359 e. The molecule has 1 heterocycles. The summed E-state index contributed by atoms with van der Waals surface area (Å²) < 4.78 is 18.6. The number of pyridine rings is 1. The zero-order chi connectivity index (χ0) is 15.2. The Morgan fingerprint density at radius 3 is 2.62 bits per heavy atom. The van der Waals surface area contributed by atoms with E-state index in [4.69, 9.17) is 15.4 Å². The van der Waals surface area contributed by atoms with Crippen molar-refractivity contribution in [1.82, 2.24) is 4.98 Å². The zero-order valence-electron chi connectivity index (χ0n) is 10.7. The summed E-state index contributed by atoms with van der Waals surface area (Å²) in [6.07, 6.45) is 2.22. The van der Waals surface area contributed by atoms with Gasteiger partial charge in [0.15, 0.2) is 0 Å². The fourth-order valence-electron chi connectivity index (χ4n) is 1.56. The maximum Gasteiger partial charge on any atom is 0.359 e. The molecule has 6 nitrogen and oxygen atoms in total. The van der Waals surface area contributed by atoms with Gasteiger partial charge in [-0.2, -0.15) is 4.39 Å². The molecule has 0 aliphatic heterocycles. The third-order valence-corrected chi connectivity index (χ3v) is 2.57. The van der Waals surface area contributed by atoms with Gasteiger partial charge in [0.25, 0.3) is 0 Å². The molecule has 0 amide bonds. The number of nitrogens with zero attached hydrogens (tertiary/aromatic N) is 2. The van der Waals surface area contributed by atoms with Crippen molar-refractivity contribution in [3.63, 3.8) is 0 Å². The van der Waals surface area contributed by atoms with Crippen LogP contribution in [0, 0.1) is 11.5 Å². The SMILES string of the molecule is N=NC(=COc1ccc(-c2cccnc2F)cc1)C(=O)O. The fraction of sp³-hybridized carbons (Fsp3) is 0. The van der Waals surface area contributed by atoms with Crippen molar-refractivity contribution >= 4 is 5.97 Å². The summed E-state index contributed by atoms with van der Waals surface area (Å²) in [5.41, 5.74) is 7.11. The van der Waals surface area contributed by atoms with Gasteiger partial charge in [-0.05, 0) is 29.8 Å². The molecule has 0 atom stereocenters. The van der Waals surface area contributed by atoms with Gasteiger partial charge in [0.05, 0.1) is 0 Å². The number of ether oxygens (including phenoxy) is 1. The van der Waals surface area contributed by atoms with Crippen molar-refractivity contribution < 1.29 is 19.0 Å². The molecule has 1 aromatic carbocycles. The molecule has 0 aliphatic carbocycles. The molecule has 2 rings (SSSR count). The van der Waals surface area contributed by atoms with Crippen molar-refractivity contribution in [2.75, 3.05) is 0 Å². The van der Waals surface area contributed by atoms with Crippen molar-refractivity contribution in [2.45, 2.75) is 0 Å². The van der Waals surface area contributed by atoms with Crippen LogP contribution < -0.4 is 4.74 Å². The van der Waals surface area contributed by atoms with Gasteiger partial charge in [-0.1, -0.05) is 12.1 Å². The van der Waals surface area contributed by atoms with E-state index in [1.54, 1.807) is 36.4 Å². The third kappa shape index (κ3) is 3.47. The van der Waals surface area contributed by atoms with Crippen LogP contribution in [0.5, 0.6) is 5.75 Å². The van der Waals surface area contributed by atoms with Crippen LogP contribution in [-0.4, -0.2) is 16.1 Å². The predicted octanol–water partition coefficient (Wildman–Crippen LogP) is 3.22. The Bertz CT molecular complexity index is 699. The molecule has 2 aromatic rings. The van der Waals surface area contributed by atoms with Crippen molar-refractivity contribution in [2.24, 2.45) is 5.11 Å². The lowest BCUT2D eigenvalue weighted by Crippen LogP contribution is -1.99. The van der Waals surface area contributed by atoms with E-state index in [0.29, 0.717) is 16.9 Å². The van der Waals surface area contributed by atoms with Crippen LogP contribution in [0.3, 0.4) is 0 Å². The van der Waals surface area contributed by atoms with Gasteiger partial charge in [0, 0.05) is 11.8 Å². The number of hydrogen-bond donors (Lipinski definition) is 2. The lowest BCUT2D eigenvalue weighted by Gasteiger charge is -2.04. The van der Waals surface area contributed by atoms with Gasteiger partial charge >= 0.3 is 5.97 Å². The number of carboxylic acid groups (broad SMARTS) is 1. The van der Waals surface area contributed by atoms with Gasteiger partial charge in [0.2, 0.25) is 11.6 Å². The molecule has 7 heteroatoms. The topological polar surface area (TPSA) is 95.6 Å². The Morgan fingerprint density at radius 2 is 2.05 bits per heavy atom. The van der Waals surface area contributed by atoms with Crippen LogP contribution in [-0.2, 0) is 4.79 Å². The van der Waals surface area contributed by atoms with E-state index >= 15 is 0 Å². The first-order chi connectivity index (χ1) is 10.1. The summed E-state index contributed by atoms with van der Waals surface area (Å²) in [7, 11) is 0. The number of aromatic nitrogens is 1. The number of nitrogens with one attached hydrogen (secondary N) is 1. The minimum atomic E-state index is -1.36. The van der Waals surface area contributed by atoms with Crippen LogP contribution in [0.15, 0.2) is 59.7 Å². The quantitative estimate of drug-likeness (QED) is 0.382. The Hall–Kier alpha value is -3.09. The van der Waals surface area contributed by atoms with Crippen LogP contribution in [0.1, 0.15) is 0 Å². The van der Waals surface area contributed by atoms with Gasteiger partial charge in [-0.3, -0.25) is 0 Å². The standard InChI is InChI=1S/C14H10FN3O3/c15-13-11(2-1-7-17-13)9-3-5-10(6-4-9)21-8-12(18-16)14(19)20/h1-8,16H,(H,19,20). The Kier molecular flexibility index (Phi) is 4.35. The third-order valence-electron chi connectivity index (χ3n) is 2.57. The average Bonchev–Trinajstić information content (AvgIpc) is 2.49. The van der Waals surface area contributed by atoms with E-state index in [-0.39, 0.29) is 0 Å². The number of hydrogen-bond acceptors (Lipinski definition) is 5. The van der Waals surface area contributed by atoms with Crippen molar-refractivity contribution in [3.8, 4) is 16.9 Å². The molecule has 1 aromatic heterocycles. The first-order valence-corrected chi connectivity index (χ1v) is 5.80. The number of carbonyl (C=O) groups is 1. The summed E-state index contributed by atoms with van der Waals surface area (Å²) in [4.78, 5) is 14.2. The molecule has 0 fully saturated rings. The van der Waals surface area contributed by atoms with Crippen LogP contribution in [0.25, 0.3) is 11.1 Å². The normalized spacial score (nSPS) is 11.0. The number of carboxylic acids is 1. The molecule has 0 saturated heterocycles. The van der Waals surface area contributed by atoms with E-state index in [9.17, 15) is 9.18 Å². The highest BCUT2D eigenvalue weighted by Crippen LogP contribution is 2.24. The fourth-order valence-corrected chi connectivity index (χ4v) is 1.56. The Labute approximate surface area is 119 Å². The van der Waals surface area contributed by atoms with E-state index in [1.165, 1.54) is 6.20 Å². The average molecular weight is 287 g/mol.